The summed E-state index contributed by atoms with van der Waals surface area (Å²) < 4.78 is 5.10. The lowest BCUT2D eigenvalue weighted by Crippen LogP contribution is -2.51. The predicted octanol–water partition coefficient (Wildman–Crippen LogP) is 0.962. The molecule has 1 aliphatic rings. The Labute approximate surface area is 129 Å². The monoisotopic (exact) mass is 307 g/mol. The first-order valence-electron chi connectivity index (χ1n) is 7.12. The number of nitrogens with zero attached hydrogens (tertiary/aromatic N) is 2. The van der Waals surface area contributed by atoms with E-state index in [0.29, 0.717) is 0 Å². The minimum Gasteiger partial charge on any atom is -0.383 e. The fraction of sp³-hybridized carbons (Fsp3) is 0.929. The lowest BCUT2D eigenvalue weighted by molar-refractivity contribution is -0.134. The number of nitrogens with two attached hydrogens (primary N) is 1. The van der Waals surface area contributed by atoms with Crippen molar-refractivity contribution in [3.8, 4) is 0 Å². The molecule has 1 heterocycles. The second kappa shape index (κ2) is 8.82. The zero-order valence-electron chi connectivity index (χ0n) is 13.2. The van der Waals surface area contributed by atoms with Gasteiger partial charge in [-0.2, -0.15) is 0 Å². The van der Waals surface area contributed by atoms with Gasteiger partial charge in [-0.15, -0.1) is 12.4 Å². The highest BCUT2D eigenvalue weighted by atomic mass is 35.5. The molecular formula is C14H30ClN3O2. The van der Waals surface area contributed by atoms with Gasteiger partial charge in [0.1, 0.15) is 0 Å². The molecule has 6 heteroatoms. The first-order valence-corrected chi connectivity index (χ1v) is 7.12. The van der Waals surface area contributed by atoms with Crippen molar-refractivity contribution < 1.29 is 9.53 Å². The van der Waals surface area contributed by atoms with Crippen molar-refractivity contribution in [1.29, 1.82) is 0 Å². The predicted molar refractivity (Wildman–Crippen MR) is 84.2 cm³/mol. The third-order valence-corrected chi connectivity index (χ3v) is 3.71. The van der Waals surface area contributed by atoms with Crippen LogP contribution in [0.1, 0.15) is 27.2 Å². The fourth-order valence-electron chi connectivity index (χ4n) is 2.20. The number of hydrogen-bond acceptors (Lipinski definition) is 4. The topological polar surface area (TPSA) is 58.8 Å². The molecule has 0 saturated carbocycles. The summed E-state index contributed by atoms with van der Waals surface area (Å²) in [5.74, 6) is 0.0843. The lowest BCUT2D eigenvalue weighted by Gasteiger charge is -2.31. The van der Waals surface area contributed by atoms with Gasteiger partial charge in [-0.3, -0.25) is 9.69 Å². The number of carbonyl (C=O) groups excluding carboxylic acids is 1. The van der Waals surface area contributed by atoms with Crippen molar-refractivity contribution in [3.05, 3.63) is 0 Å². The Morgan fingerprint density at radius 2 is 1.90 bits per heavy atom. The van der Waals surface area contributed by atoms with Crippen LogP contribution in [0.5, 0.6) is 0 Å². The quantitative estimate of drug-likeness (QED) is 0.840. The minimum absolute atomic E-state index is 0. The van der Waals surface area contributed by atoms with Crippen LogP contribution in [0.15, 0.2) is 0 Å². The number of hydrogen-bond donors (Lipinski definition) is 1. The standard InChI is InChI=1S/C14H29N3O2.ClH/c1-14(2,3)12(15)13(18)17-7-5-6-16(8-9-17)10-11-19-4;/h12H,5-11,15H2,1-4H3;1H/t12-;/m1./s1. The largest absolute Gasteiger partial charge is 0.383 e. The molecule has 0 aliphatic carbocycles. The summed E-state index contributed by atoms with van der Waals surface area (Å²) >= 11 is 0. The summed E-state index contributed by atoms with van der Waals surface area (Å²) in [4.78, 5) is 16.6. The molecule has 1 aliphatic heterocycles. The van der Waals surface area contributed by atoms with Crippen molar-refractivity contribution in [1.82, 2.24) is 9.80 Å². The van der Waals surface area contributed by atoms with E-state index in [-0.39, 0.29) is 23.7 Å². The summed E-state index contributed by atoms with van der Waals surface area (Å²) in [6.45, 7) is 11.2. The molecule has 0 bridgehead atoms. The first kappa shape index (κ1) is 19.6. The van der Waals surface area contributed by atoms with Gasteiger partial charge in [-0.05, 0) is 18.4 Å². The van der Waals surface area contributed by atoms with Gasteiger partial charge in [0, 0.05) is 33.3 Å². The Hall–Kier alpha value is -0.360. The van der Waals surface area contributed by atoms with E-state index >= 15 is 0 Å². The van der Waals surface area contributed by atoms with Crippen molar-refractivity contribution in [2.24, 2.45) is 11.1 Å². The van der Waals surface area contributed by atoms with E-state index in [4.69, 9.17) is 10.5 Å². The normalized spacial score (nSPS) is 19.1. The van der Waals surface area contributed by atoms with Gasteiger partial charge in [-0.25, -0.2) is 0 Å². The number of carbonyl (C=O) groups is 1. The maximum Gasteiger partial charge on any atom is 0.240 e. The van der Waals surface area contributed by atoms with Crippen LogP contribution in [-0.2, 0) is 9.53 Å². The van der Waals surface area contributed by atoms with E-state index in [9.17, 15) is 4.79 Å². The lowest BCUT2D eigenvalue weighted by atomic mass is 9.86. The van der Waals surface area contributed by atoms with Crippen LogP contribution in [0.4, 0.5) is 0 Å². The molecule has 0 spiro atoms. The van der Waals surface area contributed by atoms with E-state index < -0.39 is 6.04 Å². The molecule has 0 aromatic rings. The Kier molecular flexibility index (Phi) is 8.66. The SMILES string of the molecule is COCCN1CCCN(C(=O)[C@@H](N)C(C)(C)C)CC1.Cl. The molecule has 120 valence electrons. The molecule has 1 saturated heterocycles. The Morgan fingerprint density at radius 3 is 2.45 bits per heavy atom. The second-order valence-corrected chi connectivity index (χ2v) is 6.36. The molecule has 0 aromatic carbocycles. The van der Waals surface area contributed by atoms with Crippen molar-refractivity contribution in [3.63, 3.8) is 0 Å². The number of methoxy groups -OCH3 is 1. The van der Waals surface area contributed by atoms with Gasteiger partial charge in [0.05, 0.1) is 12.6 Å². The summed E-state index contributed by atoms with van der Waals surface area (Å²) in [5.41, 5.74) is 5.88. The highest BCUT2D eigenvalue weighted by molar-refractivity contribution is 5.85. The molecular weight excluding hydrogens is 278 g/mol. The van der Waals surface area contributed by atoms with Crippen LogP contribution in [-0.4, -0.2) is 68.2 Å². The highest BCUT2D eigenvalue weighted by Crippen LogP contribution is 2.19. The maximum absolute atomic E-state index is 12.4. The van der Waals surface area contributed by atoms with Crippen LogP contribution >= 0.6 is 12.4 Å². The second-order valence-electron chi connectivity index (χ2n) is 6.36. The average molecular weight is 308 g/mol. The van der Waals surface area contributed by atoms with E-state index in [0.717, 1.165) is 45.8 Å². The Balaban J connectivity index is 0.00000361. The molecule has 1 fully saturated rings. The molecule has 5 nitrogen and oxygen atoms in total. The third-order valence-electron chi connectivity index (χ3n) is 3.71. The van der Waals surface area contributed by atoms with Gasteiger partial charge in [0.25, 0.3) is 0 Å². The molecule has 0 radical (unpaired) electrons. The maximum atomic E-state index is 12.4. The summed E-state index contributed by atoms with van der Waals surface area (Å²) in [5, 5.41) is 0. The minimum atomic E-state index is -0.418. The van der Waals surface area contributed by atoms with E-state index in [1.807, 2.05) is 25.7 Å². The van der Waals surface area contributed by atoms with Crippen LogP contribution < -0.4 is 5.73 Å². The first-order chi connectivity index (χ1) is 8.86. The number of rotatable bonds is 4. The summed E-state index contributed by atoms with van der Waals surface area (Å²) in [6.07, 6.45) is 1.01. The molecule has 0 aromatic heterocycles. The number of ether oxygens (including phenoxy) is 1. The molecule has 2 N–H and O–H groups in total. The Morgan fingerprint density at radius 1 is 1.25 bits per heavy atom. The molecule has 1 atom stereocenters. The highest BCUT2D eigenvalue weighted by Gasteiger charge is 2.31. The third kappa shape index (κ3) is 5.95. The fourth-order valence-corrected chi connectivity index (χ4v) is 2.20. The van der Waals surface area contributed by atoms with Crippen LogP contribution in [0, 0.1) is 5.41 Å². The van der Waals surface area contributed by atoms with E-state index in [1.165, 1.54) is 0 Å². The van der Waals surface area contributed by atoms with Crippen LogP contribution in [0.25, 0.3) is 0 Å². The molecule has 1 amide bonds. The Bertz CT molecular complexity index is 295. The molecule has 20 heavy (non-hydrogen) atoms. The van der Waals surface area contributed by atoms with Gasteiger partial charge < -0.3 is 15.4 Å². The summed E-state index contributed by atoms with van der Waals surface area (Å²) in [7, 11) is 1.72. The van der Waals surface area contributed by atoms with Crippen LogP contribution in [0.3, 0.4) is 0 Å². The van der Waals surface area contributed by atoms with Crippen molar-refractivity contribution >= 4 is 18.3 Å². The summed E-state index contributed by atoms with van der Waals surface area (Å²) in [6, 6.07) is -0.418. The number of amides is 1. The van der Waals surface area contributed by atoms with Crippen LogP contribution in [0.2, 0.25) is 0 Å². The van der Waals surface area contributed by atoms with Gasteiger partial charge in [-0.1, -0.05) is 20.8 Å². The van der Waals surface area contributed by atoms with E-state index in [1.54, 1.807) is 7.11 Å². The zero-order chi connectivity index (χ0) is 14.5. The average Bonchev–Trinajstić information content (AvgIpc) is 2.58. The van der Waals surface area contributed by atoms with Crippen molar-refractivity contribution in [2.45, 2.75) is 33.2 Å². The molecule has 0 unspecified atom stereocenters. The van der Waals surface area contributed by atoms with E-state index in [2.05, 4.69) is 4.90 Å². The van der Waals surface area contributed by atoms with Gasteiger partial charge in [0.15, 0.2) is 0 Å². The molecule has 1 rings (SSSR count). The van der Waals surface area contributed by atoms with Crippen molar-refractivity contribution in [2.75, 3.05) is 46.4 Å². The number of halogens is 1. The van der Waals surface area contributed by atoms with Gasteiger partial charge in [0.2, 0.25) is 5.91 Å². The smallest absolute Gasteiger partial charge is 0.240 e. The van der Waals surface area contributed by atoms with Gasteiger partial charge >= 0.3 is 0 Å². The zero-order valence-corrected chi connectivity index (χ0v) is 14.0.